The largest absolute Gasteiger partial charge is 0.232 e. The molecule has 1 aromatic heterocycles. The van der Waals surface area contributed by atoms with Gasteiger partial charge in [-0.3, -0.25) is 0 Å². The Bertz CT molecular complexity index is 289. The SMILES string of the molecule is Cn1nnnc1C1C=CCCC1. The summed E-state index contributed by atoms with van der Waals surface area (Å²) in [5, 5.41) is 11.4. The van der Waals surface area contributed by atoms with Gasteiger partial charge in [-0.2, -0.15) is 0 Å². The molecule has 0 saturated heterocycles. The van der Waals surface area contributed by atoms with Crippen LogP contribution in [-0.2, 0) is 7.05 Å². The van der Waals surface area contributed by atoms with Crippen LogP contribution in [0.2, 0.25) is 0 Å². The number of tetrazole rings is 1. The number of rotatable bonds is 1. The van der Waals surface area contributed by atoms with Crippen molar-refractivity contribution in [3.8, 4) is 0 Å². The molecule has 2 rings (SSSR count). The molecule has 12 heavy (non-hydrogen) atoms. The highest BCUT2D eigenvalue weighted by Gasteiger charge is 2.15. The van der Waals surface area contributed by atoms with Crippen molar-refractivity contribution in [3.05, 3.63) is 18.0 Å². The van der Waals surface area contributed by atoms with E-state index in [1.165, 1.54) is 19.3 Å². The molecule has 0 bridgehead atoms. The summed E-state index contributed by atoms with van der Waals surface area (Å²) in [5.74, 6) is 1.41. The highest BCUT2D eigenvalue weighted by Crippen LogP contribution is 2.24. The van der Waals surface area contributed by atoms with Crippen LogP contribution >= 0.6 is 0 Å². The van der Waals surface area contributed by atoms with E-state index in [4.69, 9.17) is 0 Å². The van der Waals surface area contributed by atoms with Crippen LogP contribution in [0, 0.1) is 0 Å². The molecule has 1 aliphatic carbocycles. The van der Waals surface area contributed by atoms with E-state index in [0.717, 1.165) is 5.82 Å². The summed E-state index contributed by atoms with van der Waals surface area (Å²) < 4.78 is 1.75. The van der Waals surface area contributed by atoms with Crippen LogP contribution < -0.4 is 0 Å². The van der Waals surface area contributed by atoms with Crippen molar-refractivity contribution in [2.75, 3.05) is 0 Å². The molecule has 0 N–H and O–H groups in total. The van der Waals surface area contributed by atoms with Gasteiger partial charge in [0.15, 0.2) is 5.82 Å². The first-order valence-electron chi connectivity index (χ1n) is 4.27. The van der Waals surface area contributed by atoms with Gasteiger partial charge in [-0.05, 0) is 29.7 Å². The van der Waals surface area contributed by atoms with E-state index in [-0.39, 0.29) is 0 Å². The maximum absolute atomic E-state index is 3.99. The minimum Gasteiger partial charge on any atom is -0.232 e. The van der Waals surface area contributed by atoms with Crippen LogP contribution in [-0.4, -0.2) is 20.2 Å². The molecule has 4 nitrogen and oxygen atoms in total. The van der Waals surface area contributed by atoms with Gasteiger partial charge in [0.25, 0.3) is 0 Å². The summed E-state index contributed by atoms with van der Waals surface area (Å²) in [6, 6.07) is 0. The van der Waals surface area contributed by atoms with Gasteiger partial charge in [0.2, 0.25) is 0 Å². The van der Waals surface area contributed by atoms with Gasteiger partial charge in [-0.1, -0.05) is 12.2 Å². The van der Waals surface area contributed by atoms with Crippen molar-refractivity contribution in [3.63, 3.8) is 0 Å². The second-order valence-corrected chi connectivity index (χ2v) is 3.13. The van der Waals surface area contributed by atoms with Crippen LogP contribution in [0.3, 0.4) is 0 Å². The highest BCUT2D eigenvalue weighted by atomic mass is 15.5. The fraction of sp³-hybridized carbons (Fsp3) is 0.625. The smallest absolute Gasteiger partial charge is 0.157 e. The molecule has 1 aliphatic rings. The summed E-state index contributed by atoms with van der Waals surface area (Å²) >= 11 is 0. The third-order valence-electron chi connectivity index (χ3n) is 2.24. The topological polar surface area (TPSA) is 43.6 Å². The summed E-state index contributed by atoms with van der Waals surface area (Å²) in [6.07, 6.45) is 8.03. The van der Waals surface area contributed by atoms with Crippen molar-refractivity contribution < 1.29 is 0 Å². The predicted molar refractivity (Wildman–Crippen MR) is 44.5 cm³/mol. The Morgan fingerprint density at radius 1 is 1.58 bits per heavy atom. The molecule has 0 saturated carbocycles. The second kappa shape index (κ2) is 3.05. The summed E-state index contributed by atoms with van der Waals surface area (Å²) in [4.78, 5) is 0. The van der Waals surface area contributed by atoms with Crippen molar-refractivity contribution in [2.45, 2.75) is 25.2 Å². The monoisotopic (exact) mass is 164 g/mol. The van der Waals surface area contributed by atoms with Gasteiger partial charge in [-0.25, -0.2) is 4.68 Å². The average molecular weight is 164 g/mol. The maximum Gasteiger partial charge on any atom is 0.157 e. The standard InChI is InChI=1S/C8H12N4/c1-12-8(9-10-11-12)7-5-3-2-4-6-7/h3,5,7H,2,4,6H2,1H3. The number of aryl methyl sites for hydroxylation is 1. The summed E-state index contributed by atoms with van der Waals surface area (Å²) in [7, 11) is 1.89. The lowest BCUT2D eigenvalue weighted by molar-refractivity contribution is 0.584. The zero-order valence-corrected chi connectivity index (χ0v) is 7.14. The molecule has 0 aliphatic heterocycles. The molecule has 0 aromatic carbocycles. The molecule has 64 valence electrons. The fourth-order valence-corrected chi connectivity index (χ4v) is 1.58. The van der Waals surface area contributed by atoms with E-state index in [1.54, 1.807) is 4.68 Å². The van der Waals surface area contributed by atoms with Gasteiger partial charge < -0.3 is 0 Å². The Morgan fingerprint density at radius 3 is 3.08 bits per heavy atom. The van der Waals surface area contributed by atoms with Gasteiger partial charge >= 0.3 is 0 Å². The van der Waals surface area contributed by atoms with Crippen LogP contribution in [0.5, 0.6) is 0 Å². The first-order valence-corrected chi connectivity index (χ1v) is 4.27. The van der Waals surface area contributed by atoms with Gasteiger partial charge in [0.1, 0.15) is 0 Å². The molecule has 1 aromatic rings. The zero-order chi connectivity index (χ0) is 8.39. The molecule has 0 spiro atoms. The summed E-state index contributed by atoms with van der Waals surface area (Å²) in [6.45, 7) is 0. The van der Waals surface area contributed by atoms with E-state index in [1.807, 2.05) is 7.05 Å². The van der Waals surface area contributed by atoms with E-state index < -0.39 is 0 Å². The molecular formula is C8H12N4. The third kappa shape index (κ3) is 1.24. The Labute approximate surface area is 71.3 Å². The van der Waals surface area contributed by atoms with E-state index in [2.05, 4.69) is 27.7 Å². The van der Waals surface area contributed by atoms with Crippen LogP contribution in [0.1, 0.15) is 31.0 Å². The molecule has 0 fully saturated rings. The number of hydrogen-bond acceptors (Lipinski definition) is 3. The minimum absolute atomic E-state index is 0.429. The Hall–Kier alpha value is -1.19. The fourth-order valence-electron chi connectivity index (χ4n) is 1.58. The Morgan fingerprint density at radius 2 is 2.50 bits per heavy atom. The van der Waals surface area contributed by atoms with Crippen molar-refractivity contribution >= 4 is 0 Å². The molecule has 4 heteroatoms. The molecule has 1 atom stereocenters. The molecular weight excluding hydrogens is 152 g/mol. The van der Waals surface area contributed by atoms with E-state index >= 15 is 0 Å². The van der Waals surface area contributed by atoms with Crippen molar-refractivity contribution in [2.24, 2.45) is 7.05 Å². The van der Waals surface area contributed by atoms with Gasteiger partial charge in [0, 0.05) is 13.0 Å². The lowest BCUT2D eigenvalue weighted by atomic mass is 9.95. The number of aromatic nitrogens is 4. The lowest BCUT2D eigenvalue weighted by Gasteiger charge is -2.13. The van der Waals surface area contributed by atoms with Crippen LogP contribution in [0.25, 0.3) is 0 Å². The highest BCUT2D eigenvalue weighted by molar-refractivity contribution is 5.08. The average Bonchev–Trinajstić information content (AvgIpc) is 2.53. The molecule has 0 radical (unpaired) electrons. The number of nitrogens with zero attached hydrogens (tertiary/aromatic N) is 4. The third-order valence-corrected chi connectivity index (χ3v) is 2.24. The van der Waals surface area contributed by atoms with Gasteiger partial charge in [0.05, 0.1) is 0 Å². The second-order valence-electron chi connectivity index (χ2n) is 3.13. The lowest BCUT2D eigenvalue weighted by Crippen LogP contribution is -2.07. The first-order chi connectivity index (χ1) is 5.88. The van der Waals surface area contributed by atoms with E-state index in [9.17, 15) is 0 Å². The summed E-state index contributed by atoms with van der Waals surface area (Å²) in [5.41, 5.74) is 0. The van der Waals surface area contributed by atoms with Crippen molar-refractivity contribution in [1.29, 1.82) is 0 Å². The van der Waals surface area contributed by atoms with Gasteiger partial charge in [-0.15, -0.1) is 5.10 Å². The number of allylic oxidation sites excluding steroid dienone is 2. The predicted octanol–water partition coefficient (Wildman–Crippen LogP) is 1.03. The molecule has 1 heterocycles. The maximum atomic E-state index is 3.99. The normalized spacial score (nSPS) is 22.9. The van der Waals surface area contributed by atoms with Crippen molar-refractivity contribution in [1.82, 2.24) is 20.2 Å². The molecule has 1 unspecified atom stereocenters. The zero-order valence-electron chi connectivity index (χ0n) is 7.14. The first kappa shape index (κ1) is 7.46. The Balaban J connectivity index is 2.24. The number of hydrogen-bond donors (Lipinski definition) is 0. The minimum atomic E-state index is 0.429. The Kier molecular flexibility index (Phi) is 1.89. The quantitative estimate of drug-likeness (QED) is 0.582. The van der Waals surface area contributed by atoms with Crippen LogP contribution in [0.4, 0.5) is 0 Å². The van der Waals surface area contributed by atoms with E-state index in [0.29, 0.717) is 5.92 Å². The van der Waals surface area contributed by atoms with Crippen LogP contribution in [0.15, 0.2) is 12.2 Å². The molecule has 0 amide bonds.